The number of pyridine rings is 1. The molecule has 0 radical (unpaired) electrons. The molecule has 0 N–H and O–H groups in total. The van der Waals surface area contributed by atoms with Crippen molar-refractivity contribution in [3.63, 3.8) is 0 Å². The van der Waals surface area contributed by atoms with E-state index in [-0.39, 0.29) is 23.5 Å². The number of fused-ring (bicyclic) bond motifs is 1. The number of carbonyl (C=O) groups is 1. The minimum atomic E-state index is -0.631. The molecule has 1 unspecified atom stereocenters. The molecule has 0 amide bonds. The van der Waals surface area contributed by atoms with E-state index in [9.17, 15) is 9.59 Å². The number of ether oxygens (including phenoxy) is 4. The topological polar surface area (TPSA) is 76.0 Å². The molecule has 5 rings (SSSR count). The van der Waals surface area contributed by atoms with Gasteiger partial charge in [0.15, 0.2) is 5.43 Å². The number of benzene rings is 3. The lowest BCUT2D eigenvalue weighted by atomic mass is 9.87. The summed E-state index contributed by atoms with van der Waals surface area (Å²) in [6.07, 6.45) is 1.94. The van der Waals surface area contributed by atoms with Gasteiger partial charge in [-0.3, -0.25) is 4.79 Å². The SMILES string of the molecule is COC(=O)c1c(C(Cc2ccccc2)C2=COCO2)c(=O)c2ccc(OC)cc2n1-c1ccccc1. The molecule has 0 saturated carbocycles. The zero-order valence-electron chi connectivity index (χ0n) is 20.0. The first-order chi connectivity index (χ1) is 17.6. The highest BCUT2D eigenvalue weighted by atomic mass is 16.7. The highest BCUT2D eigenvalue weighted by Crippen LogP contribution is 2.35. The van der Waals surface area contributed by atoms with Crippen molar-refractivity contribution in [3.8, 4) is 11.4 Å². The van der Waals surface area contributed by atoms with Gasteiger partial charge in [0.05, 0.1) is 25.7 Å². The molecule has 0 bridgehead atoms. The monoisotopic (exact) mass is 483 g/mol. The van der Waals surface area contributed by atoms with Crippen molar-refractivity contribution in [2.45, 2.75) is 12.3 Å². The number of allylic oxidation sites excluding steroid dienone is 1. The lowest BCUT2D eigenvalue weighted by Gasteiger charge is -2.24. The van der Waals surface area contributed by atoms with Crippen molar-refractivity contribution in [3.05, 3.63) is 118 Å². The summed E-state index contributed by atoms with van der Waals surface area (Å²) in [6.45, 7) is 0.0475. The minimum Gasteiger partial charge on any atom is -0.497 e. The molecule has 0 spiro atoms. The van der Waals surface area contributed by atoms with Gasteiger partial charge >= 0.3 is 5.97 Å². The summed E-state index contributed by atoms with van der Waals surface area (Å²) < 4.78 is 23.6. The van der Waals surface area contributed by atoms with Crippen LogP contribution in [0.3, 0.4) is 0 Å². The molecule has 182 valence electrons. The summed E-state index contributed by atoms with van der Waals surface area (Å²) in [4.78, 5) is 27.6. The van der Waals surface area contributed by atoms with E-state index in [2.05, 4.69) is 0 Å². The van der Waals surface area contributed by atoms with E-state index in [1.54, 1.807) is 29.9 Å². The lowest BCUT2D eigenvalue weighted by Crippen LogP contribution is -2.28. The van der Waals surface area contributed by atoms with Crippen LogP contribution in [0.2, 0.25) is 0 Å². The molecule has 0 fully saturated rings. The van der Waals surface area contributed by atoms with Crippen molar-refractivity contribution >= 4 is 16.9 Å². The maximum atomic E-state index is 14.2. The normalized spacial score (nSPS) is 13.4. The largest absolute Gasteiger partial charge is 0.497 e. The molecular formula is C29H25NO6. The molecule has 1 aliphatic heterocycles. The van der Waals surface area contributed by atoms with Crippen molar-refractivity contribution in [2.24, 2.45) is 0 Å². The van der Waals surface area contributed by atoms with Crippen LogP contribution in [-0.2, 0) is 20.6 Å². The number of rotatable bonds is 7. The predicted molar refractivity (Wildman–Crippen MR) is 135 cm³/mol. The summed E-state index contributed by atoms with van der Waals surface area (Å²) in [6, 6.07) is 24.3. The van der Waals surface area contributed by atoms with E-state index >= 15 is 0 Å². The number of hydrogen-bond acceptors (Lipinski definition) is 6. The molecule has 36 heavy (non-hydrogen) atoms. The van der Waals surface area contributed by atoms with E-state index in [0.29, 0.717) is 34.5 Å². The molecule has 7 heteroatoms. The second-order valence-corrected chi connectivity index (χ2v) is 8.33. The van der Waals surface area contributed by atoms with Crippen LogP contribution in [0.1, 0.15) is 27.5 Å². The fourth-order valence-electron chi connectivity index (χ4n) is 4.61. The van der Waals surface area contributed by atoms with Gasteiger partial charge in [-0.15, -0.1) is 0 Å². The van der Waals surface area contributed by atoms with Gasteiger partial charge in [-0.2, -0.15) is 0 Å². The molecule has 7 nitrogen and oxygen atoms in total. The van der Waals surface area contributed by atoms with Crippen LogP contribution in [0, 0.1) is 0 Å². The summed E-state index contributed by atoms with van der Waals surface area (Å²) in [5.74, 6) is -0.175. The molecule has 0 aliphatic carbocycles. The third kappa shape index (κ3) is 4.20. The third-order valence-corrected chi connectivity index (χ3v) is 6.27. The van der Waals surface area contributed by atoms with Crippen molar-refractivity contribution in [1.82, 2.24) is 4.57 Å². The summed E-state index contributed by atoms with van der Waals surface area (Å²) in [5, 5.41) is 0.444. The first-order valence-electron chi connectivity index (χ1n) is 11.5. The van der Waals surface area contributed by atoms with Crippen LogP contribution >= 0.6 is 0 Å². The number of carbonyl (C=O) groups excluding carboxylic acids is 1. The van der Waals surface area contributed by atoms with Gasteiger partial charge < -0.3 is 23.5 Å². The van der Waals surface area contributed by atoms with Gasteiger partial charge in [0, 0.05) is 22.7 Å². The van der Waals surface area contributed by atoms with Gasteiger partial charge in [-0.1, -0.05) is 48.5 Å². The standard InChI is InChI=1S/C29H25NO6/c1-33-21-13-14-22-24(16-21)30(20-11-7-4-8-12-20)27(29(32)34-2)26(28(22)31)23(25-17-35-18-36-25)15-19-9-5-3-6-10-19/h3-14,16-17,23H,15,18H2,1-2H3. The van der Waals surface area contributed by atoms with Gasteiger partial charge in [0.25, 0.3) is 0 Å². The Bertz CT molecular complexity index is 1490. The molecule has 4 aromatic rings. The summed E-state index contributed by atoms with van der Waals surface area (Å²) in [5.41, 5.74) is 2.35. The Balaban J connectivity index is 1.89. The number of esters is 1. The van der Waals surface area contributed by atoms with Crippen molar-refractivity contribution < 1.29 is 23.7 Å². The Hall–Kier alpha value is -4.52. The van der Waals surface area contributed by atoms with E-state index in [1.165, 1.54) is 13.4 Å². The maximum absolute atomic E-state index is 14.2. The van der Waals surface area contributed by atoms with Crippen LogP contribution in [0.4, 0.5) is 0 Å². The van der Waals surface area contributed by atoms with Crippen molar-refractivity contribution in [1.29, 1.82) is 0 Å². The Morgan fingerprint density at radius 2 is 1.72 bits per heavy atom. The number of hydrogen-bond donors (Lipinski definition) is 0. The predicted octanol–water partition coefficient (Wildman–Crippen LogP) is 4.96. The van der Waals surface area contributed by atoms with Crippen molar-refractivity contribution in [2.75, 3.05) is 21.0 Å². The minimum absolute atomic E-state index is 0.0475. The zero-order valence-corrected chi connectivity index (χ0v) is 20.0. The average Bonchev–Trinajstić information content (AvgIpc) is 3.47. The first-order valence-corrected chi connectivity index (χ1v) is 11.5. The third-order valence-electron chi connectivity index (χ3n) is 6.27. The van der Waals surface area contributed by atoms with E-state index in [4.69, 9.17) is 18.9 Å². The van der Waals surface area contributed by atoms with Crippen LogP contribution in [0.15, 0.2) is 95.7 Å². The van der Waals surface area contributed by atoms with E-state index < -0.39 is 11.9 Å². The van der Waals surface area contributed by atoms with E-state index in [1.807, 2.05) is 60.7 Å². The second kappa shape index (κ2) is 10.00. The van der Waals surface area contributed by atoms with Gasteiger partial charge in [-0.05, 0) is 36.2 Å². The molecule has 1 aromatic heterocycles. The van der Waals surface area contributed by atoms with Crippen LogP contribution in [0.5, 0.6) is 5.75 Å². The number of nitrogens with zero attached hydrogens (tertiary/aromatic N) is 1. The average molecular weight is 484 g/mol. The maximum Gasteiger partial charge on any atom is 0.355 e. The first kappa shape index (κ1) is 23.2. The van der Waals surface area contributed by atoms with Crippen LogP contribution in [0.25, 0.3) is 16.6 Å². The number of para-hydroxylation sites is 1. The molecule has 2 heterocycles. The molecule has 3 aromatic carbocycles. The Labute approximate surface area is 208 Å². The molecular weight excluding hydrogens is 458 g/mol. The lowest BCUT2D eigenvalue weighted by molar-refractivity contribution is 0.0587. The number of aromatic nitrogens is 1. The fraction of sp³-hybridized carbons (Fsp3) is 0.172. The molecule has 0 saturated heterocycles. The van der Waals surface area contributed by atoms with Crippen LogP contribution in [-0.4, -0.2) is 31.5 Å². The highest BCUT2D eigenvalue weighted by molar-refractivity contribution is 5.96. The summed E-state index contributed by atoms with van der Waals surface area (Å²) >= 11 is 0. The molecule has 1 aliphatic rings. The Morgan fingerprint density at radius 1 is 1.00 bits per heavy atom. The van der Waals surface area contributed by atoms with Crippen LogP contribution < -0.4 is 10.2 Å². The van der Waals surface area contributed by atoms with Gasteiger partial charge in [0.1, 0.15) is 23.5 Å². The quantitative estimate of drug-likeness (QED) is 0.346. The van der Waals surface area contributed by atoms with E-state index in [0.717, 1.165) is 5.56 Å². The highest BCUT2D eigenvalue weighted by Gasteiger charge is 2.33. The smallest absolute Gasteiger partial charge is 0.355 e. The van der Waals surface area contributed by atoms with Gasteiger partial charge in [-0.25, -0.2) is 4.79 Å². The Kier molecular flexibility index (Phi) is 6.45. The van der Waals surface area contributed by atoms with Gasteiger partial charge in [0.2, 0.25) is 6.79 Å². The molecule has 1 atom stereocenters. The number of methoxy groups -OCH3 is 2. The Morgan fingerprint density at radius 3 is 2.36 bits per heavy atom. The summed E-state index contributed by atoms with van der Waals surface area (Å²) in [7, 11) is 2.86. The second-order valence-electron chi connectivity index (χ2n) is 8.33. The zero-order chi connectivity index (χ0) is 25.1. The fourth-order valence-corrected chi connectivity index (χ4v) is 4.61.